The van der Waals surface area contributed by atoms with Gasteiger partial charge in [-0.2, -0.15) is 0 Å². The second kappa shape index (κ2) is 5.04. The second-order valence-electron chi connectivity index (χ2n) is 3.85. The molecule has 0 fully saturated rings. The number of rotatable bonds is 5. The van der Waals surface area contributed by atoms with E-state index >= 15 is 0 Å². The highest BCUT2D eigenvalue weighted by atomic mass is 79.9. The molecular weight excluding hydrogens is 266 g/mol. The summed E-state index contributed by atoms with van der Waals surface area (Å²) in [6, 6.07) is 0. The number of nitrogens with one attached hydrogen (secondary N) is 1. The van der Waals surface area contributed by atoms with Crippen molar-refractivity contribution >= 4 is 32.4 Å². The van der Waals surface area contributed by atoms with Crippen LogP contribution in [0.1, 0.15) is 20.3 Å². The third-order valence-corrected chi connectivity index (χ3v) is 3.22. The minimum absolute atomic E-state index is 0.0763. The zero-order valence-corrected chi connectivity index (χ0v) is 10.7. The molecule has 0 saturated heterocycles. The lowest BCUT2D eigenvalue weighted by Gasteiger charge is -2.23. The van der Waals surface area contributed by atoms with Gasteiger partial charge in [0.2, 0.25) is 5.13 Å². The molecule has 1 rings (SSSR count). The molecule has 14 heavy (non-hydrogen) atoms. The Bertz CT molecular complexity index is 290. The van der Waals surface area contributed by atoms with E-state index in [9.17, 15) is 0 Å². The van der Waals surface area contributed by atoms with Crippen LogP contribution in [0.2, 0.25) is 0 Å². The van der Waals surface area contributed by atoms with Gasteiger partial charge in [-0.25, -0.2) is 0 Å². The van der Waals surface area contributed by atoms with Gasteiger partial charge in [0.05, 0.1) is 0 Å². The van der Waals surface area contributed by atoms with Crippen molar-refractivity contribution in [3.05, 3.63) is 3.92 Å². The monoisotopic (exact) mass is 279 g/mol. The van der Waals surface area contributed by atoms with Crippen LogP contribution in [-0.2, 0) is 0 Å². The Kier molecular flexibility index (Phi) is 4.28. The van der Waals surface area contributed by atoms with Crippen molar-refractivity contribution in [3.63, 3.8) is 0 Å². The second-order valence-corrected chi connectivity index (χ2v) is 6.11. The SMILES string of the molecule is CC(C)(CCO)CNc1nnc(Br)s1. The molecule has 1 aromatic rings. The number of hydrogen-bond acceptors (Lipinski definition) is 5. The van der Waals surface area contributed by atoms with E-state index in [1.165, 1.54) is 11.3 Å². The fraction of sp³-hybridized carbons (Fsp3) is 0.750. The van der Waals surface area contributed by atoms with E-state index in [0.717, 1.165) is 22.0 Å². The average molecular weight is 280 g/mol. The number of aliphatic hydroxyl groups excluding tert-OH is 1. The van der Waals surface area contributed by atoms with E-state index in [1.807, 2.05) is 0 Å². The zero-order chi connectivity index (χ0) is 10.6. The van der Waals surface area contributed by atoms with Gasteiger partial charge >= 0.3 is 0 Å². The molecule has 0 unspecified atom stereocenters. The van der Waals surface area contributed by atoms with Crippen LogP contribution in [0, 0.1) is 5.41 Å². The van der Waals surface area contributed by atoms with Gasteiger partial charge in [-0.1, -0.05) is 25.2 Å². The Balaban J connectivity index is 2.40. The first-order chi connectivity index (χ1) is 6.53. The Morgan fingerprint density at radius 2 is 2.21 bits per heavy atom. The summed E-state index contributed by atoms with van der Waals surface area (Å²) in [5.74, 6) is 0. The van der Waals surface area contributed by atoms with E-state index in [4.69, 9.17) is 5.11 Å². The zero-order valence-electron chi connectivity index (χ0n) is 8.25. The van der Waals surface area contributed by atoms with Gasteiger partial charge in [0.25, 0.3) is 0 Å². The molecule has 0 amide bonds. The minimum Gasteiger partial charge on any atom is -0.396 e. The van der Waals surface area contributed by atoms with Gasteiger partial charge in [0.1, 0.15) is 0 Å². The van der Waals surface area contributed by atoms with Crippen molar-refractivity contribution in [2.45, 2.75) is 20.3 Å². The largest absolute Gasteiger partial charge is 0.396 e. The van der Waals surface area contributed by atoms with Crippen molar-refractivity contribution in [1.82, 2.24) is 10.2 Å². The van der Waals surface area contributed by atoms with E-state index < -0.39 is 0 Å². The summed E-state index contributed by atoms with van der Waals surface area (Å²) in [4.78, 5) is 0. The number of aromatic nitrogens is 2. The molecule has 0 aliphatic carbocycles. The highest BCUT2D eigenvalue weighted by molar-refractivity contribution is 9.11. The topological polar surface area (TPSA) is 58.0 Å². The fourth-order valence-electron chi connectivity index (χ4n) is 0.983. The predicted octanol–water partition coefficient (Wildman–Crippen LogP) is 2.12. The molecule has 6 heteroatoms. The summed E-state index contributed by atoms with van der Waals surface area (Å²) >= 11 is 4.72. The van der Waals surface area contributed by atoms with Crippen LogP contribution in [0.25, 0.3) is 0 Å². The molecule has 1 aromatic heterocycles. The molecule has 0 saturated carbocycles. The van der Waals surface area contributed by atoms with Gasteiger partial charge in [-0.15, -0.1) is 10.2 Å². The first kappa shape index (κ1) is 11.9. The average Bonchev–Trinajstić information content (AvgIpc) is 2.48. The van der Waals surface area contributed by atoms with Crippen LogP contribution in [-0.4, -0.2) is 28.5 Å². The maximum atomic E-state index is 8.84. The summed E-state index contributed by atoms with van der Waals surface area (Å²) in [6.07, 6.45) is 0.778. The molecular formula is C8H14BrN3OS. The molecule has 0 bridgehead atoms. The standard InChI is InChI=1S/C8H14BrN3OS/c1-8(2,3-4-13)5-10-7-12-11-6(9)14-7/h13H,3-5H2,1-2H3,(H,10,12). The fourth-order valence-corrected chi connectivity index (χ4v) is 1.99. The van der Waals surface area contributed by atoms with Crippen molar-refractivity contribution < 1.29 is 5.11 Å². The first-order valence-corrected chi connectivity index (χ1v) is 5.98. The Morgan fingerprint density at radius 3 is 2.71 bits per heavy atom. The molecule has 4 nitrogen and oxygen atoms in total. The lowest BCUT2D eigenvalue weighted by Crippen LogP contribution is -2.24. The van der Waals surface area contributed by atoms with Crippen molar-refractivity contribution in [1.29, 1.82) is 0 Å². The first-order valence-electron chi connectivity index (χ1n) is 4.37. The Morgan fingerprint density at radius 1 is 1.50 bits per heavy atom. The van der Waals surface area contributed by atoms with Crippen LogP contribution in [0.15, 0.2) is 3.92 Å². The van der Waals surface area contributed by atoms with Crippen LogP contribution in [0.5, 0.6) is 0 Å². The lowest BCUT2D eigenvalue weighted by atomic mass is 9.90. The molecule has 0 atom stereocenters. The van der Waals surface area contributed by atoms with Gasteiger partial charge < -0.3 is 10.4 Å². The third-order valence-electron chi connectivity index (χ3n) is 1.91. The van der Waals surface area contributed by atoms with Gasteiger partial charge in [-0.3, -0.25) is 0 Å². The van der Waals surface area contributed by atoms with E-state index in [0.29, 0.717) is 0 Å². The van der Waals surface area contributed by atoms with E-state index in [-0.39, 0.29) is 12.0 Å². The van der Waals surface area contributed by atoms with Crippen LogP contribution < -0.4 is 5.32 Å². The quantitative estimate of drug-likeness (QED) is 0.867. The number of halogens is 1. The number of anilines is 1. The maximum Gasteiger partial charge on any atom is 0.206 e. The predicted molar refractivity (Wildman–Crippen MR) is 61.6 cm³/mol. The normalized spacial score (nSPS) is 11.7. The Hall–Kier alpha value is -0.200. The summed E-state index contributed by atoms with van der Waals surface area (Å²) in [5.41, 5.74) is 0.0763. The van der Waals surface area contributed by atoms with Crippen molar-refractivity contribution in [2.24, 2.45) is 5.41 Å². The molecule has 2 N–H and O–H groups in total. The lowest BCUT2D eigenvalue weighted by molar-refractivity contribution is 0.220. The summed E-state index contributed by atoms with van der Waals surface area (Å²) in [6.45, 7) is 5.21. The molecule has 0 spiro atoms. The van der Waals surface area contributed by atoms with E-state index in [1.54, 1.807) is 0 Å². The summed E-state index contributed by atoms with van der Waals surface area (Å²) < 4.78 is 0.778. The van der Waals surface area contributed by atoms with Crippen LogP contribution >= 0.6 is 27.3 Å². The van der Waals surface area contributed by atoms with Crippen LogP contribution in [0.3, 0.4) is 0 Å². The molecule has 1 heterocycles. The molecule has 0 aliphatic rings. The minimum atomic E-state index is 0.0763. The number of hydrogen-bond donors (Lipinski definition) is 2. The smallest absolute Gasteiger partial charge is 0.206 e. The maximum absolute atomic E-state index is 8.84. The summed E-state index contributed by atoms with van der Waals surface area (Å²) in [5, 5.41) is 20.6. The molecule has 80 valence electrons. The highest BCUT2D eigenvalue weighted by Crippen LogP contribution is 2.24. The highest BCUT2D eigenvalue weighted by Gasteiger charge is 2.17. The van der Waals surface area contributed by atoms with Crippen molar-refractivity contribution in [3.8, 4) is 0 Å². The van der Waals surface area contributed by atoms with Crippen molar-refractivity contribution in [2.75, 3.05) is 18.5 Å². The molecule has 0 aliphatic heterocycles. The Labute approximate surface area is 95.9 Å². The van der Waals surface area contributed by atoms with Gasteiger partial charge in [0.15, 0.2) is 3.92 Å². The van der Waals surface area contributed by atoms with Gasteiger partial charge in [-0.05, 0) is 27.8 Å². The number of nitrogens with zero attached hydrogens (tertiary/aromatic N) is 2. The van der Waals surface area contributed by atoms with E-state index in [2.05, 4.69) is 45.3 Å². The summed E-state index contributed by atoms with van der Waals surface area (Å²) in [7, 11) is 0. The van der Waals surface area contributed by atoms with Crippen LogP contribution in [0.4, 0.5) is 5.13 Å². The number of aliphatic hydroxyl groups is 1. The van der Waals surface area contributed by atoms with Gasteiger partial charge in [0, 0.05) is 13.2 Å². The molecule has 0 radical (unpaired) electrons. The molecule has 0 aromatic carbocycles. The third kappa shape index (κ3) is 3.89.